The van der Waals surface area contributed by atoms with Crippen molar-refractivity contribution >= 4 is 0 Å². The molecular formula is C26H50O11. The van der Waals surface area contributed by atoms with Gasteiger partial charge in [-0.3, -0.25) is 0 Å². The van der Waals surface area contributed by atoms with Gasteiger partial charge in [-0.25, -0.2) is 0 Å². The second-order valence-electron chi connectivity index (χ2n) is 10.3. The van der Waals surface area contributed by atoms with Gasteiger partial charge in [-0.1, -0.05) is 71.6 Å². The van der Waals surface area contributed by atoms with E-state index in [2.05, 4.69) is 6.92 Å². The summed E-state index contributed by atoms with van der Waals surface area (Å²) in [4.78, 5) is 0. The van der Waals surface area contributed by atoms with Gasteiger partial charge in [-0.15, -0.1) is 0 Å². The Kier molecular flexibility index (Phi) is 15.3. The number of hydrogen-bond donors (Lipinski definition) is 7. The lowest BCUT2D eigenvalue weighted by atomic mass is 9.97. The van der Waals surface area contributed by atoms with Crippen LogP contribution in [0.5, 0.6) is 0 Å². The van der Waals surface area contributed by atoms with Crippen LogP contribution in [0.25, 0.3) is 0 Å². The summed E-state index contributed by atoms with van der Waals surface area (Å²) in [5.74, 6) is 0. The number of hydrogen-bond acceptors (Lipinski definition) is 11. The lowest BCUT2D eigenvalue weighted by molar-refractivity contribution is -0.363. The Morgan fingerprint density at radius 2 is 1.16 bits per heavy atom. The van der Waals surface area contributed by atoms with Gasteiger partial charge >= 0.3 is 0 Å². The molecule has 0 amide bonds. The molecule has 11 nitrogen and oxygen atoms in total. The highest BCUT2D eigenvalue weighted by atomic mass is 16.7. The quantitative estimate of drug-likeness (QED) is 0.127. The molecule has 0 aromatic rings. The van der Waals surface area contributed by atoms with Crippen molar-refractivity contribution < 1.29 is 54.7 Å². The summed E-state index contributed by atoms with van der Waals surface area (Å²) in [5.41, 5.74) is 0. The fourth-order valence-electron chi connectivity index (χ4n) is 4.97. The Morgan fingerprint density at radius 1 is 0.595 bits per heavy atom. The number of unbranched alkanes of at least 4 members (excludes halogenated alkanes) is 7. The van der Waals surface area contributed by atoms with Gasteiger partial charge < -0.3 is 54.7 Å². The molecule has 2 fully saturated rings. The van der Waals surface area contributed by atoms with Gasteiger partial charge in [0, 0.05) is 0 Å². The first-order valence-electron chi connectivity index (χ1n) is 14.0. The normalized spacial score (nSPS) is 37.5. The van der Waals surface area contributed by atoms with E-state index in [0.717, 1.165) is 32.1 Å². The van der Waals surface area contributed by atoms with Crippen LogP contribution in [0.1, 0.15) is 84.5 Å². The molecule has 7 unspecified atom stereocenters. The SMILES string of the molecule is CCCCCCCCCCC(CCC)O[C@@H]1OC(CO)[C@@H](O[C@H]2OC(CO)[C@@H](O)C(O)C2O)C(O)C1O. The molecule has 0 spiro atoms. The molecule has 2 saturated heterocycles. The number of rotatable bonds is 17. The monoisotopic (exact) mass is 538 g/mol. The molecule has 0 aliphatic carbocycles. The van der Waals surface area contributed by atoms with E-state index in [1.807, 2.05) is 6.92 Å². The summed E-state index contributed by atoms with van der Waals surface area (Å²) < 4.78 is 22.7. The Hall–Kier alpha value is -0.440. The van der Waals surface area contributed by atoms with E-state index in [1.165, 1.54) is 38.5 Å². The van der Waals surface area contributed by atoms with E-state index >= 15 is 0 Å². The molecule has 0 bridgehead atoms. The van der Waals surface area contributed by atoms with Crippen LogP contribution in [-0.2, 0) is 18.9 Å². The highest BCUT2D eigenvalue weighted by molar-refractivity contribution is 4.94. The number of aliphatic hydroxyl groups excluding tert-OH is 7. The summed E-state index contributed by atoms with van der Waals surface area (Å²) in [6.07, 6.45) is -2.62. The Balaban J connectivity index is 1.91. The first-order chi connectivity index (χ1) is 17.8. The third-order valence-electron chi connectivity index (χ3n) is 7.28. The van der Waals surface area contributed by atoms with Crippen LogP contribution in [-0.4, -0.2) is 116 Å². The molecule has 2 aliphatic rings. The molecular weight excluding hydrogens is 488 g/mol. The maximum Gasteiger partial charge on any atom is 0.187 e. The van der Waals surface area contributed by atoms with Crippen molar-refractivity contribution in [1.82, 2.24) is 0 Å². The van der Waals surface area contributed by atoms with Crippen molar-refractivity contribution in [3.05, 3.63) is 0 Å². The first-order valence-corrected chi connectivity index (χ1v) is 14.0. The first kappa shape index (κ1) is 32.8. The second kappa shape index (κ2) is 17.3. The Bertz CT molecular complexity index is 593. The maximum absolute atomic E-state index is 10.8. The van der Waals surface area contributed by atoms with Gasteiger partial charge in [-0.2, -0.15) is 0 Å². The van der Waals surface area contributed by atoms with E-state index in [1.54, 1.807) is 0 Å². The van der Waals surface area contributed by atoms with Crippen molar-refractivity contribution in [2.75, 3.05) is 13.2 Å². The Labute approximate surface area is 220 Å². The number of ether oxygens (including phenoxy) is 4. The molecule has 11 atom stereocenters. The van der Waals surface area contributed by atoms with Gasteiger partial charge in [0.1, 0.15) is 48.8 Å². The van der Waals surface area contributed by atoms with Crippen molar-refractivity contribution in [3.63, 3.8) is 0 Å². The second-order valence-corrected chi connectivity index (χ2v) is 10.3. The zero-order chi connectivity index (χ0) is 27.4. The minimum atomic E-state index is -1.70. The standard InChI is InChI=1S/C26H50O11/c1-3-5-6-7-8-9-10-11-13-16(12-4-2)34-25-23(33)21(31)24(18(15-28)36-25)37-26-22(32)20(30)19(29)17(14-27)35-26/h16-33H,3-15H2,1-2H3/t16?,17?,18?,19-,20?,21?,22?,23?,24-,25-,26-/m1/s1. The molecule has 2 rings (SSSR count). The van der Waals surface area contributed by atoms with Crippen LogP contribution in [0.3, 0.4) is 0 Å². The smallest absolute Gasteiger partial charge is 0.187 e. The molecule has 11 heteroatoms. The van der Waals surface area contributed by atoms with Crippen LogP contribution in [0.4, 0.5) is 0 Å². The third-order valence-corrected chi connectivity index (χ3v) is 7.28. The van der Waals surface area contributed by atoms with E-state index < -0.39 is 74.6 Å². The molecule has 7 N–H and O–H groups in total. The third kappa shape index (κ3) is 9.61. The highest BCUT2D eigenvalue weighted by Crippen LogP contribution is 2.30. The Morgan fingerprint density at radius 3 is 1.76 bits per heavy atom. The van der Waals surface area contributed by atoms with Crippen molar-refractivity contribution in [3.8, 4) is 0 Å². The van der Waals surface area contributed by atoms with E-state index in [0.29, 0.717) is 0 Å². The van der Waals surface area contributed by atoms with Gasteiger partial charge in [0.2, 0.25) is 0 Å². The van der Waals surface area contributed by atoms with Crippen molar-refractivity contribution in [2.24, 2.45) is 0 Å². The number of aliphatic hydroxyl groups is 7. The van der Waals surface area contributed by atoms with Gasteiger partial charge in [0.15, 0.2) is 12.6 Å². The van der Waals surface area contributed by atoms with Crippen LogP contribution in [0, 0.1) is 0 Å². The topological polar surface area (TPSA) is 179 Å². The highest BCUT2D eigenvalue weighted by Gasteiger charge is 2.51. The summed E-state index contributed by atoms with van der Waals surface area (Å²) in [6.45, 7) is 3.02. The molecule has 0 saturated carbocycles. The summed E-state index contributed by atoms with van der Waals surface area (Å²) in [7, 11) is 0. The summed E-state index contributed by atoms with van der Waals surface area (Å²) in [6, 6.07) is 0. The predicted molar refractivity (Wildman–Crippen MR) is 133 cm³/mol. The maximum atomic E-state index is 10.8. The van der Waals surface area contributed by atoms with Crippen LogP contribution >= 0.6 is 0 Å². The molecule has 2 heterocycles. The van der Waals surface area contributed by atoms with Crippen LogP contribution in [0.15, 0.2) is 0 Å². The summed E-state index contributed by atoms with van der Waals surface area (Å²) >= 11 is 0. The fourth-order valence-corrected chi connectivity index (χ4v) is 4.97. The average Bonchev–Trinajstić information content (AvgIpc) is 2.89. The zero-order valence-electron chi connectivity index (χ0n) is 22.3. The zero-order valence-corrected chi connectivity index (χ0v) is 22.3. The average molecular weight is 539 g/mol. The van der Waals surface area contributed by atoms with Gasteiger partial charge in [0.25, 0.3) is 0 Å². The predicted octanol–water partition coefficient (Wildman–Crippen LogP) is 0.327. The fraction of sp³-hybridized carbons (Fsp3) is 1.00. The molecule has 37 heavy (non-hydrogen) atoms. The van der Waals surface area contributed by atoms with E-state index in [9.17, 15) is 35.7 Å². The lowest BCUT2D eigenvalue weighted by Crippen LogP contribution is -2.64. The van der Waals surface area contributed by atoms with Crippen LogP contribution < -0.4 is 0 Å². The molecule has 0 radical (unpaired) electrons. The van der Waals surface area contributed by atoms with Crippen molar-refractivity contribution in [1.29, 1.82) is 0 Å². The van der Waals surface area contributed by atoms with E-state index in [-0.39, 0.29) is 6.10 Å². The van der Waals surface area contributed by atoms with Gasteiger partial charge in [0.05, 0.1) is 19.3 Å². The lowest BCUT2D eigenvalue weighted by Gasteiger charge is -2.46. The van der Waals surface area contributed by atoms with Gasteiger partial charge in [-0.05, 0) is 12.8 Å². The molecule has 220 valence electrons. The summed E-state index contributed by atoms with van der Waals surface area (Å²) in [5, 5.41) is 71.0. The minimum absolute atomic E-state index is 0.181. The van der Waals surface area contributed by atoms with E-state index in [4.69, 9.17) is 18.9 Å². The largest absolute Gasteiger partial charge is 0.394 e. The van der Waals surface area contributed by atoms with Crippen LogP contribution in [0.2, 0.25) is 0 Å². The minimum Gasteiger partial charge on any atom is -0.394 e. The molecule has 2 aliphatic heterocycles. The van der Waals surface area contributed by atoms with Crippen molar-refractivity contribution in [2.45, 2.75) is 152 Å². The molecule has 0 aromatic carbocycles. The molecule has 0 aromatic heterocycles.